The predicted octanol–water partition coefficient (Wildman–Crippen LogP) is 4.65. The van der Waals surface area contributed by atoms with Crippen molar-refractivity contribution >= 4 is 17.5 Å². The summed E-state index contributed by atoms with van der Waals surface area (Å²) in [5.41, 5.74) is 2.30. The van der Waals surface area contributed by atoms with E-state index in [1.54, 1.807) is 36.7 Å². The number of nitrogens with zero attached hydrogens (tertiary/aromatic N) is 1. The molecule has 2 aromatic carbocycles. The molecule has 0 saturated carbocycles. The van der Waals surface area contributed by atoms with E-state index in [1.807, 2.05) is 43.3 Å². The highest BCUT2D eigenvalue weighted by atomic mass is 35.5. The van der Waals surface area contributed by atoms with Gasteiger partial charge in [0.1, 0.15) is 5.75 Å². The first-order chi connectivity index (χ1) is 12.7. The van der Waals surface area contributed by atoms with Gasteiger partial charge in [-0.1, -0.05) is 41.9 Å². The summed E-state index contributed by atoms with van der Waals surface area (Å²) in [6, 6.07) is 18.0. The summed E-state index contributed by atoms with van der Waals surface area (Å²) in [6.45, 7) is 2.38. The number of nitrogens with one attached hydrogen (secondary N) is 1. The Hall–Kier alpha value is -2.85. The number of pyridine rings is 1. The van der Waals surface area contributed by atoms with Crippen molar-refractivity contribution in [2.75, 3.05) is 6.61 Å². The number of hydrogen-bond acceptors (Lipinski definition) is 3. The molecule has 0 aliphatic heterocycles. The summed E-state index contributed by atoms with van der Waals surface area (Å²) < 4.78 is 5.58. The number of rotatable bonds is 6. The molecule has 5 heteroatoms. The Labute approximate surface area is 157 Å². The molecule has 26 heavy (non-hydrogen) atoms. The smallest absolute Gasteiger partial charge is 0.255 e. The van der Waals surface area contributed by atoms with Crippen molar-refractivity contribution in [2.45, 2.75) is 13.0 Å². The van der Waals surface area contributed by atoms with E-state index in [4.69, 9.17) is 16.3 Å². The third-order valence-electron chi connectivity index (χ3n) is 3.93. The molecular formula is C21H19ClN2O2. The molecule has 1 amide bonds. The third-order valence-corrected chi connectivity index (χ3v) is 4.18. The summed E-state index contributed by atoms with van der Waals surface area (Å²) in [6.07, 6.45) is 3.45. The Bertz CT molecular complexity index is 867. The molecule has 0 radical (unpaired) electrons. The van der Waals surface area contributed by atoms with E-state index in [0.717, 1.165) is 11.1 Å². The van der Waals surface area contributed by atoms with Crippen molar-refractivity contribution in [1.82, 2.24) is 10.3 Å². The van der Waals surface area contributed by atoms with Crippen molar-refractivity contribution in [1.29, 1.82) is 0 Å². The number of hydrogen-bond donors (Lipinski definition) is 1. The van der Waals surface area contributed by atoms with Gasteiger partial charge in [0, 0.05) is 17.4 Å². The molecule has 4 nitrogen and oxygen atoms in total. The van der Waals surface area contributed by atoms with E-state index in [2.05, 4.69) is 10.3 Å². The molecule has 3 aromatic rings. The lowest BCUT2D eigenvalue weighted by Crippen LogP contribution is -2.29. The maximum atomic E-state index is 12.9. The normalized spacial score (nSPS) is 11.6. The highest BCUT2D eigenvalue weighted by Gasteiger charge is 2.20. The molecule has 132 valence electrons. The Kier molecular flexibility index (Phi) is 5.87. The molecule has 3 rings (SSSR count). The number of carbonyl (C=O) groups excluding carboxylic acids is 1. The lowest BCUT2D eigenvalue weighted by molar-refractivity contribution is 0.0939. The van der Waals surface area contributed by atoms with Crippen LogP contribution in [0.4, 0.5) is 0 Å². The van der Waals surface area contributed by atoms with Crippen LogP contribution in [-0.2, 0) is 0 Å². The van der Waals surface area contributed by atoms with Gasteiger partial charge in [0.2, 0.25) is 0 Å². The predicted molar refractivity (Wildman–Crippen MR) is 103 cm³/mol. The highest BCUT2D eigenvalue weighted by Crippen LogP contribution is 2.25. The summed E-state index contributed by atoms with van der Waals surface area (Å²) in [5, 5.41) is 3.73. The fourth-order valence-corrected chi connectivity index (χ4v) is 2.83. The largest absolute Gasteiger partial charge is 0.493 e. The average molecular weight is 367 g/mol. The van der Waals surface area contributed by atoms with Crippen molar-refractivity contribution in [3.63, 3.8) is 0 Å². The molecule has 0 aliphatic rings. The zero-order valence-corrected chi connectivity index (χ0v) is 15.1. The van der Waals surface area contributed by atoms with Crippen LogP contribution in [0.3, 0.4) is 0 Å². The number of benzene rings is 2. The van der Waals surface area contributed by atoms with Gasteiger partial charge in [0.05, 0.1) is 18.2 Å². The van der Waals surface area contributed by atoms with E-state index in [-0.39, 0.29) is 11.9 Å². The molecule has 0 bridgehead atoms. The number of amides is 1. The van der Waals surface area contributed by atoms with Gasteiger partial charge in [-0.25, -0.2) is 0 Å². The minimum atomic E-state index is -0.344. The van der Waals surface area contributed by atoms with Gasteiger partial charge in [0.25, 0.3) is 5.91 Å². The lowest BCUT2D eigenvalue weighted by atomic mass is 9.99. The van der Waals surface area contributed by atoms with Crippen molar-refractivity contribution in [3.8, 4) is 5.75 Å². The zero-order chi connectivity index (χ0) is 18.4. The maximum Gasteiger partial charge on any atom is 0.255 e. The number of para-hydroxylation sites is 1. The van der Waals surface area contributed by atoms with E-state index in [1.165, 1.54) is 0 Å². The Morgan fingerprint density at radius 2 is 1.85 bits per heavy atom. The van der Waals surface area contributed by atoms with Gasteiger partial charge in [-0.05, 0) is 48.4 Å². The fraction of sp³-hybridized carbons (Fsp3) is 0.143. The first kappa shape index (κ1) is 18.0. The van der Waals surface area contributed by atoms with Crippen molar-refractivity contribution < 1.29 is 9.53 Å². The number of halogens is 1. The van der Waals surface area contributed by atoms with Crippen LogP contribution in [0.2, 0.25) is 5.02 Å². The minimum Gasteiger partial charge on any atom is -0.493 e. The van der Waals surface area contributed by atoms with Crippen LogP contribution in [0.1, 0.15) is 34.5 Å². The summed E-state index contributed by atoms with van der Waals surface area (Å²) in [4.78, 5) is 17.1. The fourth-order valence-electron chi connectivity index (χ4n) is 2.71. The van der Waals surface area contributed by atoms with Crippen LogP contribution in [-0.4, -0.2) is 17.5 Å². The Morgan fingerprint density at radius 3 is 2.54 bits per heavy atom. The first-order valence-electron chi connectivity index (χ1n) is 8.37. The van der Waals surface area contributed by atoms with E-state index in [0.29, 0.717) is 22.9 Å². The third kappa shape index (κ3) is 4.21. The van der Waals surface area contributed by atoms with Crippen molar-refractivity contribution in [2.24, 2.45) is 0 Å². The molecule has 1 N–H and O–H groups in total. The second-order valence-corrected chi connectivity index (χ2v) is 6.11. The lowest BCUT2D eigenvalue weighted by Gasteiger charge is -2.20. The average Bonchev–Trinajstić information content (AvgIpc) is 2.68. The SMILES string of the molecule is CCOc1ccccc1C(=O)N[C@@H](c1ccc(Cl)cc1)c1cccnc1. The standard InChI is InChI=1S/C21H19ClN2O2/c1-2-26-19-8-4-3-7-18(19)21(25)24-20(16-6-5-13-23-14-16)15-9-11-17(22)12-10-15/h3-14,20H,2H2,1H3,(H,24,25)/t20-/m0/s1. The van der Waals surface area contributed by atoms with Gasteiger partial charge in [-0.2, -0.15) is 0 Å². The molecular weight excluding hydrogens is 348 g/mol. The molecule has 0 saturated heterocycles. The molecule has 1 atom stereocenters. The second-order valence-electron chi connectivity index (χ2n) is 5.67. The van der Waals surface area contributed by atoms with Crippen LogP contribution < -0.4 is 10.1 Å². The van der Waals surface area contributed by atoms with E-state index >= 15 is 0 Å². The van der Waals surface area contributed by atoms with Crippen molar-refractivity contribution in [3.05, 3.63) is 94.8 Å². The van der Waals surface area contributed by atoms with Crippen LogP contribution >= 0.6 is 11.6 Å². The second kappa shape index (κ2) is 8.50. The monoisotopic (exact) mass is 366 g/mol. The van der Waals surface area contributed by atoms with E-state index in [9.17, 15) is 4.79 Å². The molecule has 1 heterocycles. The van der Waals surface area contributed by atoms with Crippen LogP contribution in [0.5, 0.6) is 5.75 Å². The number of aromatic nitrogens is 1. The van der Waals surface area contributed by atoms with E-state index < -0.39 is 0 Å². The first-order valence-corrected chi connectivity index (χ1v) is 8.75. The summed E-state index contributed by atoms with van der Waals surface area (Å²) in [5.74, 6) is 0.353. The summed E-state index contributed by atoms with van der Waals surface area (Å²) in [7, 11) is 0. The topological polar surface area (TPSA) is 51.2 Å². The quantitative estimate of drug-likeness (QED) is 0.690. The number of carbonyl (C=O) groups is 1. The molecule has 1 aromatic heterocycles. The zero-order valence-electron chi connectivity index (χ0n) is 14.4. The van der Waals surface area contributed by atoms with Gasteiger partial charge < -0.3 is 10.1 Å². The Balaban J connectivity index is 1.93. The van der Waals surface area contributed by atoms with Gasteiger partial charge in [-0.15, -0.1) is 0 Å². The Morgan fingerprint density at radius 1 is 1.08 bits per heavy atom. The maximum absolute atomic E-state index is 12.9. The highest BCUT2D eigenvalue weighted by molar-refractivity contribution is 6.30. The van der Waals surface area contributed by atoms with Gasteiger partial charge in [0.15, 0.2) is 0 Å². The van der Waals surface area contributed by atoms with Crippen LogP contribution in [0.25, 0.3) is 0 Å². The summed E-state index contributed by atoms with van der Waals surface area (Å²) >= 11 is 6.00. The van der Waals surface area contributed by atoms with Crippen LogP contribution in [0, 0.1) is 0 Å². The molecule has 0 unspecified atom stereocenters. The van der Waals surface area contributed by atoms with Gasteiger partial charge >= 0.3 is 0 Å². The van der Waals surface area contributed by atoms with Crippen LogP contribution in [0.15, 0.2) is 73.1 Å². The molecule has 0 spiro atoms. The molecule has 0 fully saturated rings. The minimum absolute atomic E-state index is 0.210. The van der Waals surface area contributed by atoms with Gasteiger partial charge in [-0.3, -0.25) is 9.78 Å². The molecule has 0 aliphatic carbocycles. The number of ether oxygens (including phenoxy) is 1.